The summed E-state index contributed by atoms with van der Waals surface area (Å²) in [6.07, 6.45) is 0. The molecule has 0 spiro atoms. The molecule has 0 N–H and O–H groups in total. The van der Waals surface area contributed by atoms with Crippen LogP contribution in [0.1, 0.15) is 89.0 Å². The number of hydrogen-bond acceptors (Lipinski definition) is 0. The van der Waals surface area contributed by atoms with Crippen molar-refractivity contribution in [1.82, 2.24) is 4.48 Å². The van der Waals surface area contributed by atoms with Crippen LogP contribution in [0.25, 0.3) is 5.57 Å². The molecule has 4 rings (SSSR count). The van der Waals surface area contributed by atoms with E-state index in [-0.39, 0.29) is 10.8 Å². The smallest absolute Gasteiger partial charge is 0.392 e. The molecule has 2 aromatic rings. The number of halogens is 4. The number of fused-ring (bicyclic) bond motifs is 2. The van der Waals surface area contributed by atoms with Crippen LogP contribution >= 0.6 is 45.2 Å². The fourth-order valence-corrected chi connectivity index (χ4v) is 6.22. The maximum atomic E-state index is 16.3. The van der Waals surface area contributed by atoms with Gasteiger partial charge < -0.3 is 17.6 Å². The van der Waals surface area contributed by atoms with Crippen molar-refractivity contribution in [2.24, 2.45) is 0 Å². The van der Waals surface area contributed by atoms with Crippen molar-refractivity contribution in [3.05, 3.63) is 70.3 Å². The lowest BCUT2D eigenvalue weighted by molar-refractivity contribution is -0.363. The molecule has 3 heterocycles. The van der Waals surface area contributed by atoms with Crippen molar-refractivity contribution in [3.63, 3.8) is 0 Å². The molecule has 0 radical (unpaired) electrons. The molecular weight excluding hydrogens is 655 g/mol. The Kier molecular flexibility index (Phi) is 6.16. The lowest BCUT2D eigenvalue weighted by atomic mass is 9.77. The molecule has 0 aliphatic carbocycles. The zero-order chi connectivity index (χ0) is 25.7. The summed E-state index contributed by atoms with van der Waals surface area (Å²) >= 11 is 4.46. The lowest BCUT2D eigenvalue weighted by Crippen LogP contribution is -2.51. The Morgan fingerprint density at radius 2 is 1.35 bits per heavy atom. The minimum absolute atomic E-state index is 0.0676. The largest absolute Gasteiger partial charge is 0.737 e. The van der Waals surface area contributed by atoms with Crippen LogP contribution < -0.4 is 0 Å². The van der Waals surface area contributed by atoms with Gasteiger partial charge in [0.2, 0.25) is 0 Å². The quantitative estimate of drug-likeness (QED) is 0.210. The Morgan fingerprint density at radius 3 is 1.82 bits per heavy atom. The molecule has 2 nitrogen and oxygen atoms in total. The highest BCUT2D eigenvalue weighted by molar-refractivity contribution is 14.1. The summed E-state index contributed by atoms with van der Waals surface area (Å²) in [7, 11) is 0. The Labute approximate surface area is 229 Å². The summed E-state index contributed by atoms with van der Waals surface area (Å²) in [5.41, 5.74) is 8.64. The van der Waals surface area contributed by atoms with Crippen LogP contribution in [0.15, 0.2) is 33.0 Å². The van der Waals surface area contributed by atoms with Gasteiger partial charge in [-0.15, -0.1) is 0 Å². The first-order chi connectivity index (χ1) is 15.4. The van der Waals surface area contributed by atoms with Gasteiger partial charge in [-0.3, -0.25) is 0 Å². The van der Waals surface area contributed by atoms with Crippen LogP contribution in [0.4, 0.5) is 8.63 Å². The Hall–Kier alpha value is -0.965. The average molecular weight is 688 g/mol. The SMILES string of the molecule is CC1=C(I)C(C)=[N+]2C1=C(c1cc(C(C)(C)C)cc(C(C)(C)C)c1)c1c(C)c(I)c(C)n1[B-]2(F)F. The fourth-order valence-electron chi connectivity index (χ4n) is 5.19. The van der Waals surface area contributed by atoms with Gasteiger partial charge in [0, 0.05) is 21.8 Å². The maximum Gasteiger partial charge on any atom is 0.737 e. The second-order valence-electron chi connectivity index (χ2n) is 11.7. The summed E-state index contributed by atoms with van der Waals surface area (Å²) < 4.78 is 37.0. The van der Waals surface area contributed by atoms with Crippen LogP contribution in [-0.2, 0) is 10.8 Å². The first-order valence-corrected chi connectivity index (χ1v) is 13.9. The predicted octanol–water partition coefficient (Wildman–Crippen LogP) is 8.50. The summed E-state index contributed by atoms with van der Waals surface area (Å²) in [5.74, 6) is 0. The van der Waals surface area contributed by atoms with E-state index in [2.05, 4.69) is 105 Å². The molecule has 0 atom stereocenters. The molecule has 182 valence electrons. The third kappa shape index (κ3) is 3.70. The van der Waals surface area contributed by atoms with Crippen LogP contribution in [-0.4, -0.2) is 21.6 Å². The first kappa shape index (κ1) is 26.1. The highest BCUT2D eigenvalue weighted by atomic mass is 127. The highest BCUT2D eigenvalue weighted by Crippen LogP contribution is 2.48. The van der Waals surface area contributed by atoms with E-state index < -0.39 is 6.97 Å². The van der Waals surface area contributed by atoms with Crippen LogP contribution in [0, 0.1) is 17.4 Å². The van der Waals surface area contributed by atoms with Gasteiger partial charge in [0.05, 0.1) is 9.15 Å². The molecule has 34 heavy (non-hydrogen) atoms. The van der Waals surface area contributed by atoms with Crippen molar-refractivity contribution in [3.8, 4) is 0 Å². The number of aromatic nitrogens is 1. The average Bonchev–Trinajstić information content (AvgIpc) is 3.08. The van der Waals surface area contributed by atoms with Crippen molar-refractivity contribution in [1.29, 1.82) is 0 Å². The first-order valence-electron chi connectivity index (χ1n) is 11.7. The molecule has 2 aliphatic rings. The standard InChI is InChI=1S/C27H33BF2I2N2/c1-14-22(31)16(3)33-24(14)21(25-15(2)23(32)17(4)34(25)28(33,29)30)18-11-19(26(5,6)7)13-20(12-18)27(8,9)10/h11-13H,1-10H3. The molecule has 0 saturated carbocycles. The van der Waals surface area contributed by atoms with Gasteiger partial charge in [0.25, 0.3) is 0 Å². The molecule has 0 fully saturated rings. The van der Waals surface area contributed by atoms with E-state index in [0.29, 0.717) is 22.8 Å². The minimum Gasteiger partial charge on any atom is -0.392 e. The van der Waals surface area contributed by atoms with Crippen LogP contribution in [0.5, 0.6) is 0 Å². The normalized spacial score (nSPS) is 18.2. The van der Waals surface area contributed by atoms with E-state index in [4.69, 9.17) is 0 Å². The Bertz CT molecular complexity index is 1310. The van der Waals surface area contributed by atoms with E-state index in [1.54, 1.807) is 0 Å². The van der Waals surface area contributed by atoms with E-state index in [0.717, 1.165) is 29.4 Å². The zero-order valence-corrected chi connectivity index (χ0v) is 26.0. The fraction of sp³-hybridized carbons (Fsp3) is 0.444. The summed E-state index contributed by atoms with van der Waals surface area (Å²) in [4.78, 5) is 0. The Balaban J connectivity index is 2.24. The maximum absolute atomic E-state index is 16.3. The number of benzene rings is 1. The molecule has 1 aromatic heterocycles. The van der Waals surface area contributed by atoms with E-state index in [1.165, 1.54) is 20.1 Å². The topological polar surface area (TPSA) is 7.94 Å². The number of allylic oxidation sites excluding steroid dienone is 2. The van der Waals surface area contributed by atoms with Gasteiger partial charge in [0.15, 0.2) is 5.70 Å². The van der Waals surface area contributed by atoms with Gasteiger partial charge in [-0.05, 0) is 105 Å². The molecule has 1 aromatic carbocycles. The summed E-state index contributed by atoms with van der Waals surface area (Å²) in [5, 5.41) is 0. The molecule has 0 amide bonds. The van der Waals surface area contributed by atoms with Gasteiger partial charge in [-0.1, -0.05) is 59.7 Å². The summed E-state index contributed by atoms with van der Waals surface area (Å²) in [6, 6.07) is 6.73. The van der Waals surface area contributed by atoms with Gasteiger partial charge in [-0.2, -0.15) is 0 Å². The van der Waals surface area contributed by atoms with Crippen LogP contribution in [0.3, 0.4) is 0 Å². The minimum atomic E-state index is -4.01. The number of nitrogens with zero attached hydrogens (tertiary/aromatic N) is 2. The van der Waals surface area contributed by atoms with Gasteiger partial charge >= 0.3 is 6.97 Å². The highest BCUT2D eigenvalue weighted by Gasteiger charge is 2.56. The van der Waals surface area contributed by atoms with Crippen molar-refractivity contribution < 1.29 is 13.1 Å². The second-order valence-corrected chi connectivity index (χ2v) is 13.9. The van der Waals surface area contributed by atoms with Gasteiger partial charge in [0.1, 0.15) is 5.71 Å². The molecule has 0 unspecified atom stereocenters. The molecule has 7 heteroatoms. The van der Waals surface area contributed by atoms with Crippen molar-refractivity contribution >= 4 is 63.4 Å². The molecule has 0 saturated heterocycles. The van der Waals surface area contributed by atoms with E-state index in [9.17, 15) is 0 Å². The molecule has 0 bridgehead atoms. The number of hydrogen-bond donors (Lipinski definition) is 0. The van der Waals surface area contributed by atoms with Crippen molar-refractivity contribution in [2.45, 2.75) is 80.1 Å². The van der Waals surface area contributed by atoms with E-state index >= 15 is 8.63 Å². The summed E-state index contributed by atoms with van der Waals surface area (Å²) in [6.45, 7) is 16.9. The van der Waals surface area contributed by atoms with Crippen molar-refractivity contribution in [2.75, 3.05) is 0 Å². The Morgan fingerprint density at radius 1 is 0.853 bits per heavy atom. The predicted molar refractivity (Wildman–Crippen MR) is 158 cm³/mol. The third-order valence-corrected chi connectivity index (χ3v) is 10.4. The van der Waals surface area contributed by atoms with Gasteiger partial charge in [-0.25, -0.2) is 0 Å². The van der Waals surface area contributed by atoms with E-state index in [1.807, 2.05) is 27.7 Å². The molecule has 2 aliphatic heterocycles. The lowest BCUT2D eigenvalue weighted by Gasteiger charge is -2.34. The van der Waals surface area contributed by atoms with Crippen LogP contribution in [0.2, 0.25) is 0 Å². The zero-order valence-electron chi connectivity index (χ0n) is 21.7. The molecular formula is C27H33BF2I2N2. The monoisotopic (exact) mass is 688 g/mol. The number of rotatable bonds is 1. The third-order valence-electron chi connectivity index (χ3n) is 7.26. The second kappa shape index (κ2) is 8.02.